The molecule has 1 spiro atoms. The van der Waals surface area contributed by atoms with Crippen molar-refractivity contribution in [3.05, 3.63) is 35.4 Å². The summed E-state index contributed by atoms with van der Waals surface area (Å²) in [5, 5.41) is 10.4. The number of hydrogen-bond acceptors (Lipinski definition) is 6. The Bertz CT molecular complexity index is 1330. The van der Waals surface area contributed by atoms with E-state index < -0.39 is 11.7 Å². The molecule has 2 aliphatic heterocycles. The first-order valence-corrected chi connectivity index (χ1v) is 17.7. The van der Waals surface area contributed by atoms with Crippen LogP contribution in [-0.2, 0) is 16.7 Å². The SMILES string of the molecule is COc1ccc2c3c1O[C@H]1C[C@@H](O)C=C[C@@]31CCN(CCCCCN(C(=O)OC(C)(C)C)C13CC4C[C@@](C)(C1)C[C@](C)(C4)C3)C2. The van der Waals surface area contributed by atoms with E-state index in [1.807, 2.05) is 32.9 Å². The maximum atomic E-state index is 13.8. The predicted molar refractivity (Wildman–Crippen MR) is 176 cm³/mol. The van der Waals surface area contributed by atoms with Gasteiger partial charge in [-0.1, -0.05) is 38.5 Å². The predicted octanol–water partition coefficient (Wildman–Crippen LogP) is 7.38. The molecule has 8 rings (SSSR count). The highest BCUT2D eigenvalue weighted by Crippen LogP contribution is 2.68. The zero-order valence-electron chi connectivity index (χ0n) is 28.6. The fraction of sp³-hybridized carbons (Fsp3) is 0.763. The van der Waals surface area contributed by atoms with Crippen molar-refractivity contribution in [3.8, 4) is 11.5 Å². The number of aliphatic hydroxyl groups excluding tert-OH is 1. The smallest absolute Gasteiger partial charge is 0.410 e. The Morgan fingerprint density at radius 2 is 1.84 bits per heavy atom. The van der Waals surface area contributed by atoms with Gasteiger partial charge in [-0.05, 0) is 120 Å². The summed E-state index contributed by atoms with van der Waals surface area (Å²) in [5.74, 6) is 2.39. The second kappa shape index (κ2) is 10.9. The number of aliphatic hydroxyl groups is 1. The van der Waals surface area contributed by atoms with Gasteiger partial charge in [-0.15, -0.1) is 0 Å². The number of ether oxygens (including phenoxy) is 3. The number of hydrogen-bond donors (Lipinski definition) is 1. The van der Waals surface area contributed by atoms with Crippen molar-refractivity contribution in [1.29, 1.82) is 0 Å². The molecule has 0 saturated heterocycles. The first-order valence-electron chi connectivity index (χ1n) is 17.7. The van der Waals surface area contributed by atoms with Crippen LogP contribution in [0, 0.1) is 16.7 Å². The molecule has 2 unspecified atom stereocenters. The summed E-state index contributed by atoms with van der Waals surface area (Å²) in [6.45, 7) is 14.7. The van der Waals surface area contributed by atoms with E-state index in [1.165, 1.54) is 30.4 Å². The molecular formula is C38H56N2O5. The molecule has 1 aromatic carbocycles. The van der Waals surface area contributed by atoms with Crippen molar-refractivity contribution < 1.29 is 24.1 Å². The maximum absolute atomic E-state index is 13.8. The molecule has 4 saturated carbocycles. The first-order chi connectivity index (χ1) is 21.2. The van der Waals surface area contributed by atoms with Gasteiger partial charge in [-0.25, -0.2) is 4.79 Å². The molecular weight excluding hydrogens is 564 g/mol. The molecule has 1 aromatic rings. The lowest BCUT2D eigenvalue weighted by Crippen LogP contribution is -2.66. The molecule has 248 valence electrons. The molecule has 4 bridgehead atoms. The second-order valence-corrected chi connectivity index (χ2v) is 17.5. The van der Waals surface area contributed by atoms with Crippen LogP contribution in [0.25, 0.3) is 0 Å². The highest BCUT2D eigenvalue weighted by Gasteiger charge is 2.63. The average molecular weight is 621 g/mol. The van der Waals surface area contributed by atoms with Crippen LogP contribution in [0.15, 0.2) is 24.3 Å². The standard InChI is InChI=1S/C38H56N2O5/c1-34(2,3)45-33(42)40(37-21-26-19-35(4,24-37)23-36(5,20-26)25-37)16-9-7-8-15-39-17-14-38-13-12-28(41)18-30(38)44-32-29(43-6)11-10-27(22-39)31(32)38/h10-13,26,28,30,41H,7-9,14-25H2,1-6H3/t26?,28-,30-,35-,36+,37?,38-/m0/s1. The van der Waals surface area contributed by atoms with E-state index in [-0.39, 0.29) is 23.2 Å². The van der Waals surface area contributed by atoms with Gasteiger partial charge in [0.1, 0.15) is 11.7 Å². The number of carbonyl (C=O) groups is 1. The molecule has 0 aromatic heterocycles. The molecule has 7 atom stereocenters. The quantitative estimate of drug-likeness (QED) is 0.242. The zero-order valence-corrected chi connectivity index (χ0v) is 28.6. The number of benzene rings is 1. The molecule has 7 aliphatic rings. The third-order valence-corrected chi connectivity index (χ3v) is 12.2. The van der Waals surface area contributed by atoms with E-state index in [0.29, 0.717) is 17.3 Å². The normalized spacial score (nSPS) is 37.9. The molecule has 7 heteroatoms. The summed E-state index contributed by atoms with van der Waals surface area (Å²) in [6.07, 6.45) is 15.7. The van der Waals surface area contributed by atoms with Crippen molar-refractivity contribution >= 4 is 6.09 Å². The molecule has 4 fully saturated rings. The molecule has 7 nitrogen and oxygen atoms in total. The molecule has 45 heavy (non-hydrogen) atoms. The summed E-state index contributed by atoms with van der Waals surface area (Å²) >= 11 is 0. The van der Waals surface area contributed by atoms with Crippen molar-refractivity contribution in [3.63, 3.8) is 0 Å². The summed E-state index contributed by atoms with van der Waals surface area (Å²) in [4.78, 5) is 18.7. The minimum Gasteiger partial charge on any atom is -0.493 e. The van der Waals surface area contributed by atoms with Crippen molar-refractivity contribution in [1.82, 2.24) is 9.80 Å². The van der Waals surface area contributed by atoms with E-state index in [0.717, 1.165) is 88.5 Å². The van der Waals surface area contributed by atoms with Crippen molar-refractivity contribution in [2.45, 2.75) is 141 Å². The van der Waals surface area contributed by atoms with Crippen LogP contribution in [0.1, 0.15) is 116 Å². The van der Waals surface area contributed by atoms with Crippen LogP contribution in [0.4, 0.5) is 4.79 Å². The van der Waals surface area contributed by atoms with Gasteiger partial charge in [-0.2, -0.15) is 0 Å². The zero-order chi connectivity index (χ0) is 31.8. The third-order valence-electron chi connectivity index (χ3n) is 12.2. The van der Waals surface area contributed by atoms with E-state index >= 15 is 0 Å². The summed E-state index contributed by atoms with van der Waals surface area (Å²) in [5.41, 5.74) is 2.52. The molecule has 1 N–H and O–H groups in total. The van der Waals surface area contributed by atoms with Gasteiger partial charge in [0.05, 0.1) is 18.6 Å². The number of methoxy groups -OCH3 is 1. The van der Waals surface area contributed by atoms with Gasteiger partial charge in [0.2, 0.25) is 0 Å². The van der Waals surface area contributed by atoms with Crippen molar-refractivity contribution in [2.24, 2.45) is 16.7 Å². The van der Waals surface area contributed by atoms with Gasteiger partial charge in [0, 0.05) is 30.6 Å². The fourth-order valence-corrected chi connectivity index (χ4v) is 11.5. The van der Waals surface area contributed by atoms with Gasteiger partial charge in [0.15, 0.2) is 11.5 Å². The van der Waals surface area contributed by atoms with Crippen LogP contribution < -0.4 is 9.47 Å². The second-order valence-electron chi connectivity index (χ2n) is 17.5. The number of carbonyl (C=O) groups excluding carboxylic acids is 1. The lowest BCUT2D eigenvalue weighted by Gasteiger charge is -2.67. The van der Waals surface area contributed by atoms with Gasteiger partial charge in [-0.3, -0.25) is 4.90 Å². The number of amides is 1. The van der Waals surface area contributed by atoms with Crippen LogP contribution in [0.2, 0.25) is 0 Å². The highest BCUT2D eigenvalue weighted by molar-refractivity contribution is 5.69. The monoisotopic (exact) mass is 620 g/mol. The number of rotatable bonds is 8. The Labute approximate surface area is 270 Å². The number of unbranched alkanes of at least 4 members (excludes halogenated alkanes) is 2. The highest BCUT2D eigenvalue weighted by atomic mass is 16.6. The Kier molecular flexibility index (Phi) is 7.60. The Morgan fingerprint density at radius 1 is 1.09 bits per heavy atom. The van der Waals surface area contributed by atoms with E-state index in [4.69, 9.17) is 14.2 Å². The fourth-order valence-electron chi connectivity index (χ4n) is 11.5. The lowest BCUT2D eigenvalue weighted by molar-refractivity contribution is -0.157. The van der Waals surface area contributed by atoms with E-state index in [1.54, 1.807) is 7.11 Å². The van der Waals surface area contributed by atoms with E-state index in [9.17, 15) is 9.90 Å². The summed E-state index contributed by atoms with van der Waals surface area (Å²) in [6, 6.07) is 4.26. The van der Waals surface area contributed by atoms with Gasteiger partial charge in [0.25, 0.3) is 0 Å². The largest absolute Gasteiger partial charge is 0.493 e. The van der Waals surface area contributed by atoms with E-state index in [2.05, 4.69) is 35.8 Å². The molecule has 2 heterocycles. The Hall–Kier alpha value is -2.25. The van der Waals surface area contributed by atoms with Gasteiger partial charge < -0.3 is 24.2 Å². The number of nitrogens with zero attached hydrogens (tertiary/aromatic N) is 2. The van der Waals surface area contributed by atoms with Crippen LogP contribution in [0.5, 0.6) is 11.5 Å². The minimum absolute atomic E-state index is 0.0553. The first kappa shape index (κ1) is 31.4. The van der Waals surface area contributed by atoms with Crippen LogP contribution in [-0.4, -0.2) is 71.1 Å². The van der Waals surface area contributed by atoms with Gasteiger partial charge >= 0.3 is 6.09 Å². The lowest BCUT2D eigenvalue weighted by atomic mass is 9.42. The maximum Gasteiger partial charge on any atom is 0.410 e. The molecule has 5 aliphatic carbocycles. The molecule has 1 amide bonds. The van der Waals surface area contributed by atoms with Crippen LogP contribution in [0.3, 0.4) is 0 Å². The van der Waals surface area contributed by atoms with Crippen molar-refractivity contribution in [2.75, 3.05) is 26.7 Å². The average Bonchev–Trinajstić information content (AvgIpc) is 3.15. The summed E-state index contributed by atoms with van der Waals surface area (Å²) in [7, 11) is 1.71. The molecule has 0 radical (unpaired) electrons. The Balaban J connectivity index is 1.02. The van der Waals surface area contributed by atoms with Crippen LogP contribution >= 0.6 is 0 Å². The topological polar surface area (TPSA) is 71.5 Å². The third kappa shape index (κ3) is 5.58. The Morgan fingerprint density at radius 3 is 2.53 bits per heavy atom. The summed E-state index contributed by atoms with van der Waals surface area (Å²) < 4.78 is 18.3. The minimum atomic E-state index is -0.492.